The van der Waals surface area contributed by atoms with E-state index in [1.807, 2.05) is 6.08 Å². The molecule has 2 N–H and O–H groups in total. The van der Waals surface area contributed by atoms with Gasteiger partial charge in [0.15, 0.2) is 0 Å². The van der Waals surface area contributed by atoms with Crippen LogP contribution in [0.3, 0.4) is 0 Å². The maximum atomic E-state index is 13.1. The second-order valence-electron chi connectivity index (χ2n) is 5.46. The molecule has 5 heteroatoms. The van der Waals surface area contributed by atoms with Crippen LogP contribution in [-0.2, 0) is 11.3 Å². The standard InChI is InChI=1S/C17H17FN2O2/c18-12-5-3-4-11(8-12)9-20-17(22)14-10-19-15-7-2-1-6-13(15)16(14)21/h3-6,8,10,15,21H,1-2,7,9H2,(H,20,22). The lowest BCUT2D eigenvalue weighted by Gasteiger charge is -2.24. The maximum Gasteiger partial charge on any atom is 0.256 e. The number of benzene rings is 1. The lowest BCUT2D eigenvalue weighted by Crippen LogP contribution is -2.30. The van der Waals surface area contributed by atoms with Crippen molar-refractivity contribution in [2.24, 2.45) is 4.99 Å². The number of amides is 1. The molecule has 2 aliphatic rings. The lowest BCUT2D eigenvalue weighted by atomic mass is 9.89. The zero-order chi connectivity index (χ0) is 15.5. The van der Waals surface area contributed by atoms with Crippen molar-refractivity contribution in [1.82, 2.24) is 5.32 Å². The molecule has 1 amide bonds. The van der Waals surface area contributed by atoms with E-state index in [-0.39, 0.29) is 29.7 Å². The Morgan fingerprint density at radius 3 is 3.14 bits per heavy atom. The third kappa shape index (κ3) is 2.93. The summed E-state index contributed by atoms with van der Waals surface area (Å²) in [5.74, 6) is -0.741. The van der Waals surface area contributed by atoms with Crippen molar-refractivity contribution in [3.8, 4) is 0 Å². The van der Waals surface area contributed by atoms with E-state index in [2.05, 4.69) is 10.3 Å². The maximum absolute atomic E-state index is 13.1. The molecular weight excluding hydrogens is 283 g/mol. The minimum absolute atomic E-state index is 0.0106. The fraction of sp³-hybridized carbons (Fsp3) is 0.294. The van der Waals surface area contributed by atoms with Crippen molar-refractivity contribution in [3.63, 3.8) is 0 Å². The van der Waals surface area contributed by atoms with E-state index in [4.69, 9.17) is 0 Å². The van der Waals surface area contributed by atoms with Crippen LogP contribution in [0.2, 0.25) is 0 Å². The molecule has 0 bridgehead atoms. The van der Waals surface area contributed by atoms with Gasteiger partial charge in [-0.15, -0.1) is 0 Å². The molecule has 0 saturated heterocycles. The molecule has 1 aromatic rings. The van der Waals surface area contributed by atoms with Crippen molar-refractivity contribution in [1.29, 1.82) is 0 Å². The van der Waals surface area contributed by atoms with Crippen LogP contribution in [0.15, 0.2) is 52.2 Å². The Bertz CT molecular complexity index is 692. The molecule has 1 aliphatic carbocycles. The first-order valence-electron chi connectivity index (χ1n) is 7.34. The molecule has 4 nitrogen and oxygen atoms in total. The highest BCUT2D eigenvalue weighted by atomic mass is 19.1. The summed E-state index contributed by atoms with van der Waals surface area (Å²) in [6, 6.07) is 6.00. The highest BCUT2D eigenvalue weighted by Gasteiger charge is 2.27. The largest absolute Gasteiger partial charge is 0.507 e. The van der Waals surface area contributed by atoms with Crippen molar-refractivity contribution in [2.75, 3.05) is 0 Å². The van der Waals surface area contributed by atoms with E-state index in [0.717, 1.165) is 24.8 Å². The van der Waals surface area contributed by atoms with E-state index in [0.29, 0.717) is 5.56 Å². The van der Waals surface area contributed by atoms with Gasteiger partial charge in [0, 0.05) is 18.3 Å². The number of aliphatic hydroxyl groups excluding tert-OH is 1. The third-order valence-corrected chi connectivity index (χ3v) is 3.90. The molecule has 22 heavy (non-hydrogen) atoms. The van der Waals surface area contributed by atoms with Crippen molar-refractivity contribution in [3.05, 3.63) is 58.6 Å². The van der Waals surface area contributed by atoms with E-state index in [1.165, 1.54) is 18.3 Å². The summed E-state index contributed by atoms with van der Waals surface area (Å²) in [5.41, 5.74) is 1.57. The summed E-state index contributed by atoms with van der Waals surface area (Å²) in [4.78, 5) is 16.5. The quantitative estimate of drug-likeness (QED) is 0.901. The predicted octanol–water partition coefficient (Wildman–Crippen LogP) is 2.82. The summed E-state index contributed by atoms with van der Waals surface area (Å²) in [7, 11) is 0. The zero-order valence-electron chi connectivity index (χ0n) is 12.1. The number of nitrogens with zero attached hydrogens (tertiary/aromatic N) is 1. The van der Waals surface area contributed by atoms with Crippen LogP contribution in [0, 0.1) is 5.82 Å². The second-order valence-corrected chi connectivity index (χ2v) is 5.46. The SMILES string of the molecule is O=C(NCc1cccc(F)c1)C1=C(O)C2=CCCCC2N=C1. The van der Waals surface area contributed by atoms with Crippen LogP contribution in [-0.4, -0.2) is 23.3 Å². The number of rotatable bonds is 3. The van der Waals surface area contributed by atoms with Gasteiger partial charge in [0.1, 0.15) is 11.6 Å². The lowest BCUT2D eigenvalue weighted by molar-refractivity contribution is -0.117. The molecule has 1 heterocycles. The molecule has 0 fully saturated rings. The number of hydrogen-bond donors (Lipinski definition) is 2. The Morgan fingerprint density at radius 1 is 1.45 bits per heavy atom. The minimum Gasteiger partial charge on any atom is -0.507 e. The molecule has 0 spiro atoms. The monoisotopic (exact) mass is 300 g/mol. The summed E-state index contributed by atoms with van der Waals surface area (Å²) < 4.78 is 13.1. The van der Waals surface area contributed by atoms with Crippen LogP contribution in [0.1, 0.15) is 24.8 Å². The zero-order valence-corrected chi connectivity index (χ0v) is 12.1. The molecule has 1 atom stereocenters. The van der Waals surface area contributed by atoms with Gasteiger partial charge in [-0.1, -0.05) is 18.2 Å². The number of carbonyl (C=O) groups is 1. The molecule has 0 radical (unpaired) electrons. The van der Waals surface area contributed by atoms with Crippen LogP contribution in [0.25, 0.3) is 0 Å². The smallest absolute Gasteiger partial charge is 0.256 e. The van der Waals surface area contributed by atoms with Gasteiger partial charge in [-0.25, -0.2) is 4.39 Å². The summed E-state index contributed by atoms with van der Waals surface area (Å²) in [6.45, 7) is 0.198. The molecule has 0 aromatic heterocycles. The number of carbonyl (C=O) groups excluding carboxylic acids is 1. The van der Waals surface area contributed by atoms with Crippen LogP contribution in [0.4, 0.5) is 4.39 Å². The number of halogens is 1. The Balaban J connectivity index is 1.72. The van der Waals surface area contributed by atoms with Gasteiger partial charge in [0.25, 0.3) is 5.91 Å². The minimum atomic E-state index is -0.407. The highest BCUT2D eigenvalue weighted by Crippen LogP contribution is 2.30. The third-order valence-electron chi connectivity index (χ3n) is 3.90. The van der Waals surface area contributed by atoms with Crippen LogP contribution < -0.4 is 5.32 Å². The van der Waals surface area contributed by atoms with Gasteiger partial charge >= 0.3 is 0 Å². The number of fused-ring (bicyclic) bond motifs is 1. The predicted molar refractivity (Wildman–Crippen MR) is 82.1 cm³/mol. The van der Waals surface area contributed by atoms with Gasteiger partial charge in [0.05, 0.1) is 11.6 Å². The first kappa shape index (κ1) is 14.5. The Morgan fingerprint density at radius 2 is 2.32 bits per heavy atom. The Hall–Kier alpha value is -2.43. The van der Waals surface area contributed by atoms with E-state index < -0.39 is 5.91 Å². The fourth-order valence-corrected chi connectivity index (χ4v) is 2.74. The number of dihydropyridines is 1. The topological polar surface area (TPSA) is 61.7 Å². The van der Waals surface area contributed by atoms with Crippen molar-refractivity contribution >= 4 is 12.1 Å². The van der Waals surface area contributed by atoms with E-state index >= 15 is 0 Å². The Kier molecular flexibility index (Phi) is 4.04. The number of aliphatic imine (C=N–C) groups is 1. The van der Waals surface area contributed by atoms with Gasteiger partial charge in [-0.05, 0) is 37.0 Å². The van der Waals surface area contributed by atoms with Gasteiger partial charge in [-0.3, -0.25) is 9.79 Å². The van der Waals surface area contributed by atoms with E-state index in [9.17, 15) is 14.3 Å². The second kappa shape index (κ2) is 6.13. The molecule has 114 valence electrons. The van der Waals surface area contributed by atoms with Crippen LogP contribution in [0.5, 0.6) is 0 Å². The van der Waals surface area contributed by atoms with Gasteiger partial charge < -0.3 is 10.4 Å². The van der Waals surface area contributed by atoms with E-state index in [1.54, 1.807) is 12.1 Å². The fourth-order valence-electron chi connectivity index (χ4n) is 2.74. The Labute approximate surface area is 128 Å². The van der Waals surface area contributed by atoms with Crippen molar-refractivity contribution in [2.45, 2.75) is 31.8 Å². The number of aliphatic hydroxyl groups is 1. The number of allylic oxidation sites excluding steroid dienone is 1. The van der Waals surface area contributed by atoms with Crippen LogP contribution >= 0.6 is 0 Å². The molecule has 0 saturated carbocycles. The average Bonchev–Trinajstić information content (AvgIpc) is 2.53. The summed E-state index contributed by atoms with van der Waals surface area (Å²) in [6.07, 6.45) is 6.21. The van der Waals surface area contributed by atoms with Gasteiger partial charge in [0.2, 0.25) is 0 Å². The molecule has 1 unspecified atom stereocenters. The van der Waals surface area contributed by atoms with Crippen molar-refractivity contribution < 1.29 is 14.3 Å². The first-order chi connectivity index (χ1) is 10.6. The first-order valence-corrected chi connectivity index (χ1v) is 7.34. The summed E-state index contributed by atoms with van der Waals surface area (Å²) >= 11 is 0. The number of nitrogens with one attached hydrogen (secondary N) is 1. The average molecular weight is 300 g/mol. The molecule has 3 rings (SSSR count). The number of hydrogen-bond acceptors (Lipinski definition) is 3. The molecular formula is C17H17FN2O2. The summed E-state index contributed by atoms with van der Waals surface area (Å²) in [5, 5.41) is 13.0. The highest BCUT2D eigenvalue weighted by molar-refractivity contribution is 6.13. The molecule has 1 aromatic carbocycles. The van der Waals surface area contributed by atoms with Gasteiger partial charge in [-0.2, -0.15) is 0 Å². The normalized spacial score (nSPS) is 20.4. The molecule has 1 aliphatic heterocycles.